The highest BCUT2D eigenvalue weighted by molar-refractivity contribution is 5.84. The van der Waals surface area contributed by atoms with Gasteiger partial charge in [-0.25, -0.2) is 0 Å². The SMILES string of the molecule is CN(Cc1ccccc1O)C(=O)C(F)(F)C(F)(F)F. The van der Waals surface area contributed by atoms with Crippen LogP contribution in [0.15, 0.2) is 24.3 Å². The summed E-state index contributed by atoms with van der Waals surface area (Å²) in [5.74, 6) is -8.12. The minimum atomic E-state index is -5.95. The molecule has 1 amide bonds. The summed E-state index contributed by atoms with van der Waals surface area (Å²) in [5.41, 5.74) is 0.0660. The number of amides is 1. The average Bonchev–Trinajstić information content (AvgIpc) is 2.29. The molecule has 0 saturated carbocycles. The van der Waals surface area contributed by atoms with E-state index >= 15 is 0 Å². The third-order valence-corrected chi connectivity index (χ3v) is 2.37. The number of rotatable bonds is 3. The van der Waals surface area contributed by atoms with Crippen LogP contribution in [0.2, 0.25) is 0 Å². The largest absolute Gasteiger partial charge is 0.508 e. The van der Waals surface area contributed by atoms with E-state index in [0.29, 0.717) is 0 Å². The van der Waals surface area contributed by atoms with Crippen LogP contribution in [0.5, 0.6) is 5.75 Å². The molecule has 0 fully saturated rings. The molecule has 0 aliphatic rings. The first-order valence-electron chi connectivity index (χ1n) is 5.04. The molecule has 0 spiro atoms. The maximum Gasteiger partial charge on any atom is 0.463 e. The van der Waals surface area contributed by atoms with Crippen LogP contribution < -0.4 is 0 Å². The highest BCUT2D eigenvalue weighted by Gasteiger charge is 2.64. The van der Waals surface area contributed by atoms with E-state index in [1.54, 1.807) is 0 Å². The Bertz CT molecular complexity index is 472. The Balaban J connectivity index is 2.88. The Hall–Kier alpha value is -1.86. The number of phenolic OH excluding ortho intramolecular Hbond substituents is 1. The first-order valence-corrected chi connectivity index (χ1v) is 5.04. The van der Waals surface area contributed by atoms with E-state index in [-0.39, 0.29) is 16.2 Å². The van der Waals surface area contributed by atoms with Crippen molar-refractivity contribution in [1.82, 2.24) is 4.90 Å². The van der Waals surface area contributed by atoms with Gasteiger partial charge in [0.2, 0.25) is 0 Å². The summed E-state index contributed by atoms with van der Waals surface area (Å²) >= 11 is 0. The quantitative estimate of drug-likeness (QED) is 0.866. The maximum absolute atomic E-state index is 12.8. The standard InChI is InChI=1S/C11H10F5NO2/c1-17(6-7-4-2-3-5-8(7)18)9(19)10(12,13)11(14,15)16/h2-5,18H,6H2,1H3. The van der Waals surface area contributed by atoms with Gasteiger partial charge >= 0.3 is 18.0 Å². The molecule has 1 aromatic rings. The zero-order chi connectivity index (χ0) is 14.8. The van der Waals surface area contributed by atoms with Crippen LogP contribution in [0.4, 0.5) is 22.0 Å². The summed E-state index contributed by atoms with van der Waals surface area (Å²) in [4.78, 5) is 11.3. The molecule has 0 atom stereocenters. The topological polar surface area (TPSA) is 40.5 Å². The predicted molar refractivity (Wildman–Crippen MR) is 55.6 cm³/mol. The minimum absolute atomic E-state index is 0.0660. The van der Waals surface area contributed by atoms with Gasteiger partial charge in [0, 0.05) is 19.2 Å². The van der Waals surface area contributed by atoms with Gasteiger partial charge in [-0.2, -0.15) is 22.0 Å². The van der Waals surface area contributed by atoms with Crippen LogP contribution in [-0.4, -0.2) is 35.1 Å². The smallest absolute Gasteiger partial charge is 0.463 e. The number of halogens is 5. The van der Waals surface area contributed by atoms with E-state index in [0.717, 1.165) is 7.05 Å². The van der Waals surface area contributed by atoms with Crippen LogP contribution in [0.3, 0.4) is 0 Å². The number of benzene rings is 1. The molecule has 0 aliphatic heterocycles. The molecule has 0 unspecified atom stereocenters. The second-order valence-electron chi connectivity index (χ2n) is 3.86. The molecule has 0 radical (unpaired) electrons. The van der Waals surface area contributed by atoms with Crippen LogP contribution in [0, 0.1) is 0 Å². The van der Waals surface area contributed by atoms with Gasteiger partial charge in [0.25, 0.3) is 0 Å². The van der Waals surface area contributed by atoms with Crippen LogP contribution in [0.25, 0.3) is 0 Å². The zero-order valence-corrected chi connectivity index (χ0v) is 9.71. The van der Waals surface area contributed by atoms with E-state index in [9.17, 15) is 31.9 Å². The van der Waals surface area contributed by atoms with Crippen molar-refractivity contribution in [2.75, 3.05) is 7.05 Å². The van der Waals surface area contributed by atoms with Gasteiger partial charge in [0.05, 0.1) is 0 Å². The Morgan fingerprint density at radius 1 is 1.21 bits per heavy atom. The fraction of sp³-hybridized carbons (Fsp3) is 0.364. The van der Waals surface area contributed by atoms with Gasteiger partial charge < -0.3 is 10.0 Å². The summed E-state index contributed by atoms with van der Waals surface area (Å²) in [5, 5.41) is 9.36. The Labute approximate surface area is 105 Å². The molecule has 0 bridgehead atoms. The van der Waals surface area contributed by atoms with Gasteiger partial charge in [-0.1, -0.05) is 18.2 Å². The third kappa shape index (κ3) is 3.12. The van der Waals surface area contributed by atoms with Crippen molar-refractivity contribution in [2.45, 2.75) is 18.6 Å². The van der Waals surface area contributed by atoms with Crippen LogP contribution in [0.1, 0.15) is 5.56 Å². The molecule has 0 heterocycles. The summed E-state index contributed by atoms with van der Waals surface area (Å²) < 4.78 is 61.6. The summed E-state index contributed by atoms with van der Waals surface area (Å²) in [6.07, 6.45) is -5.95. The van der Waals surface area contributed by atoms with Gasteiger partial charge in [-0.05, 0) is 6.07 Å². The number of aromatic hydroxyl groups is 1. The molecule has 3 nitrogen and oxygen atoms in total. The van der Waals surface area contributed by atoms with Crippen molar-refractivity contribution in [3.05, 3.63) is 29.8 Å². The van der Waals surface area contributed by atoms with E-state index in [1.807, 2.05) is 0 Å². The van der Waals surface area contributed by atoms with Crippen molar-refractivity contribution < 1.29 is 31.9 Å². The molecule has 0 aliphatic carbocycles. The van der Waals surface area contributed by atoms with Crippen LogP contribution in [-0.2, 0) is 11.3 Å². The average molecular weight is 283 g/mol. The van der Waals surface area contributed by atoms with E-state index in [4.69, 9.17) is 0 Å². The Kier molecular flexibility index (Phi) is 4.02. The second kappa shape index (κ2) is 5.02. The summed E-state index contributed by atoms with van der Waals surface area (Å²) in [7, 11) is 0.800. The molecular formula is C11H10F5NO2. The Morgan fingerprint density at radius 2 is 1.74 bits per heavy atom. The number of hydrogen-bond acceptors (Lipinski definition) is 2. The lowest BCUT2D eigenvalue weighted by Gasteiger charge is -2.25. The zero-order valence-electron chi connectivity index (χ0n) is 9.71. The van der Waals surface area contributed by atoms with Gasteiger partial charge in [-0.15, -0.1) is 0 Å². The molecule has 1 aromatic carbocycles. The Morgan fingerprint density at radius 3 is 2.21 bits per heavy atom. The number of para-hydroxylation sites is 1. The third-order valence-electron chi connectivity index (χ3n) is 2.37. The molecule has 19 heavy (non-hydrogen) atoms. The van der Waals surface area contributed by atoms with Gasteiger partial charge in [-0.3, -0.25) is 4.79 Å². The lowest BCUT2D eigenvalue weighted by molar-refractivity contribution is -0.274. The number of carbonyl (C=O) groups is 1. The molecule has 106 valence electrons. The fourth-order valence-electron chi connectivity index (χ4n) is 1.33. The second-order valence-corrected chi connectivity index (χ2v) is 3.86. The number of hydrogen-bond donors (Lipinski definition) is 1. The normalized spacial score (nSPS) is 12.3. The molecule has 0 aromatic heterocycles. The molecule has 0 saturated heterocycles. The van der Waals surface area contributed by atoms with Crippen molar-refractivity contribution >= 4 is 5.91 Å². The number of nitrogens with zero attached hydrogens (tertiary/aromatic N) is 1. The van der Waals surface area contributed by atoms with Gasteiger partial charge in [0.15, 0.2) is 0 Å². The number of alkyl halides is 5. The van der Waals surface area contributed by atoms with E-state index < -0.39 is 24.6 Å². The van der Waals surface area contributed by atoms with Crippen molar-refractivity contribution in [3.8, 4) is 5.75 Å². The molecule has 8 heteroatoms. The first kappa shape index (κ1) is 15.2. The molecule has 1 N–H and O–H groups in total. The highest BCUT2D eigenvalue weighted by Crippen LogP contribution is 2.37. The molecular weight excluding hydrogens is 273 g/mol. The number of phenols is 1. The highest BCUT2D eigenvalue weighted by atomic mass is 19.4. The first-order chi connectivity index (χ1) is 8.57. The lowest BCUT2D eigenvalue weighted by atomic mass is 10.2. The molecule has 1 rings (SSSR count). The van der Waals surface area contributed by atoms with Crippen molar-refractivity contribution in [1.29, 1.82) is 0 Å². The van der Waals surface area contributed by atoms with E-state index in [2.05, 4.69) is 0 Å². The fourth-order valence-corrected chi connectivity index (χ4v) is 1.33. The maximum atomic E-state index is 12.8. The lowest BCUT2D eigenvalue weighted by Crippen LogP contribution is -2.50. The predicted octanol–water partition coefficient (Wildman–Crippen LogP) is 2.55. The monoisotopic (exact) mass is 283 g/mol. The van der Waals surface area contributed by atoms with Crippen molar-refractivity contribution in [2.24, 2.45) is 0 Å². The summed E-state index contributed by atoms with van der Waals surface area (Å²) in [6, 6.07) is 5.45. The van der Waals surface area contributed by atoms with Crippen LogP contribution >= 0.6 is 0 Å². The number of carbonyl (C=O) groups excluding carboxylic acids is 1. The van der Waals surface area contributed by atoms with Crippen molar-refractivity contribution in [3.63, 3.8) is 0 Å². The minimum Gasteiger partial charge on any atom is -0.508 e. The van der Waals surface area contributed by atoms with Gasteiger partial charge in [0.1, 0.15) is 5.75 Å². The summed E-state index contributed by atoms with van der Waals surface area (Å²) in [6.45, 7) is -0.558. The van der Waals surface area contributed by atoms with E-state index in [1.165, 1.54) is 24.3 Å².